The fourth-order valence-corrected chi connectivity index (χ4v) is 2.01. The maximum atomic E-state index is 12.0. The van der Waals surface area contributed by atoms with E-state index in [4.69, 9.17) is 16.3 Å². The van der Waals surface area contributed by atoms with Crippen LogP contribution in [-0.4, -0.2) is 28.8 Å². The lowest BCUT2D eigenvalue weighted by atomic mass is 10.1. The van der Waals surface area contributed by atoms with Crippen LogP contribution in [-0.2, 0) is 0 Å². The van der Waals surface area contributed by atoms with Gasteiger partial charge in [0.1, 0.15) is 5.75 Å². The van der Waals surface area contributed by atoms with Gasteiger partial charge in [-0.1, -0.05) is 11.6 Å². The van der Waals surface area contributed by atoms with E-state index in [-0.39, 0.29) is 17.1 Å². The predicted octanol–water partition coefficient (Wildman–Crippen LogP) is 3.41. The van der Waals surface area contributed by atoms with E-state index >= 15 is 0 Å². The molecule has 0 atom stereocenters. The van der Waals surface area contributed by atoms with Gasteiger partial charge in [-0.05, 0) is 51.1 Å². The number of hydrogen-bond donors (Lipinski definition) is 2. The van der Waals surface area contributed by atoms with Crippen molar-refractivity contribution < 1.29 is 9.53 Å². The number of rotatable bonds is 4. The minimum Gasteiger partial charge on any atom is -0.495 e. The molecule has 1 aromatic heterocycles. The van der Waals surface area contributed by atoms with E-state index in [9.17, 15) is 4.79 Å². The molecule has 0 aliphatic heterocycles. The van der Waals surface area contributed by atoms with Gasteiger partial charge >= 0.3 is 0 Å². The fraction of sp³-hybridized carbons (Fsp3) is 0.312. The maximum Gasteiger partial charge on any atom is 0.272 e. The molecule has 1 amide bonds. The van der Waals surface area contributed by atoms with Gasteiger partial charge in [-0.3, -0.25) is 4.79 Å². The molecule has 0 unspecified atom stereocenters. The molecule has 0 aliphatic rings. The van der Waals surface area contributed by atoms with Gasteiger partial charge in [-0.15, -0.1) is 10.2 Å². The van der Waals surface area contributed by atoms with Crippen LogP contribution in [0, 0.1) is 0 Å². The Morgan fingerprint density at radius 2 is 1.91 bits per heavy atom. The highest BCUT2D eigenvalue weighted by Gasteiger charge is 2.16. The van der Waals surface area contributed by atoms with E-state index in [1.807, 2.05) is 20.8 Å². The van der Waals surface area contributed by atoms with Crippen LogP contribution < -0.4 is 15.4 Å². The first-order valence-corrected chi connectivity index (χ1v) is 7.43. The summed E-state index contributed by atoms with van der Waals surface area (Å²) in [5, 5.41) is 14.4. The first kappa shape index (κ1) is 17.0. The SMILES string of the molecule is COc1ccc(Cl)cc1Nc1ccc(C(=O)NC(C)(C)C)nn1. The predicted molar refractivity (Wildman–Crippen MR) is 90.5 cm³/mol. The largest absolute Gasteiger partial charge is 0.495 e. The summed E-state index contributed by atoms with van der Waals surface area (Å²) >= 11 is 5.98. The third-order valence-electron chi connectivity index (χ3n) is 2.81. The van der Waals surface area contributed by atoms with Crippen molar-refractivity contribution in [3.8, 4) is 5.75 Å². The number of ether oxygens (including phenoxy) is 1. The van der Waals surface area contributed by atoms with E-state index in [2.05, 4.69) is 20.8 Å². The summed E-state index contributed by atoms with van der Waals surface area (Å²) < 4.78 is 5.26. The number of amides is 1. The normalized spacial score (nSPS) is 11.0. The second-order valence-electron chi connectivity index (χ2n) is 5.98. The Labute approximate surface area is 140 Å². The van der Waals surface area contributed by atoms with E-state index in [1.54, 1.807) is 37.4 Å². The van der Waals surface area contributed by atoms with Crippen molar-refractivity contribution in [3.05, 3.63) is 41.0 Å². The van der Waals surface area contributed by atoms with Gasteiger partial charge in [0.15, 0.2) is 11.5 Å². The third-order valence-corrected chi connectivity index (χ3v) is 3.05. The second-order valence-corrected chi connectivity index (χ2v) is 6.41. The molecule has 0 fully saturated rings. The number of hydrogen-bond acceptors (Lipinski definition) is 5. The Bertz CT molecular complexity index is 696. The van der Waals surface area contributed by atoms with Crippen LogP contribution >= 0.6 is 11.6 Å². The van der Waals surface area contributed by atoms with Crippen LogP contribution in [0.2, 0.25) is 5.02 Å². The highest BCUT2D eigenvalue weighted by molar-refractivity contribution is 6.31. The Kier molecular flexibility index (Phi) is 5.05. The first-order chi connectivity index (χ1) is 10.8. The monoisotopic (exact) mass is 334 g/mol. The number of nitrogens with one attached hydrogen (secondary N) is 2. The number of anilines is 2. The first-order valence-electron chi connectivity index (χ1n) is 7.05. The van der Waals surface area contributed by atoms with Gasteiger partial charge < -0.3 is 15.4 Å². The average Bonchev–Trinajstić information content (AvgIpc) is 2.46. The van der Waals surface area contributed by atoms with Crippen LogP contribution in [0.25, 0.3) is 0 Å². The van der Waals surface area contributed by atoms with E-state index in [1.165, 1.54) is 0 Å². The number of halogens is 1. The molecule has 122 valence electrons. The molecule has 2 N–H and O–H groups in total. The van der Waals surface area contributed by atoms with Gasteiger partial charge in [-0.25, -0.2) is 0 Å². The van der Waals surface area contributed by atoms with E-state index in [0.29, 0.717) is 22.3 Å². The van der Waals surface area contributed by atoms with Gasteiger partial charge in [0, 0.05) is 10.6 Å². The summed E-state index contributed by atoms with van der Waals surface area (Å²) in [7, 11) is 1.57. The van der Waals surface area contributed by atoms with E-state index < -0.39 is 0 Å². The van der Waals surface area contributed by atoms with Crippen molar-refractivity contribution in [1.82, 2.24) is 15.5 Å². The number of carbonyl (C=O) groups excluding carboxylic acids is 1. The smallest absolute Gasteiger partial charge is 0.272 e. The second kappa shape index (κ2) is 6.83. The number of aromatic nitrogens is 2. The molecule has 2 rings (SSSR count). The minimum atomic E-state index is -0.330. The van der Waals surface area contributed by atoms with Crippen molar-refractivity contribution >= 4 is 29.0 Å². The van der Waals surface area contributed by atoms with Gasteiger partial charge in [0.25, 0.3) is 5.91 Å². The number of benzene rings is 1. The molecule has 0 saturated heterocycles. The Balaban J connectivity index is 2.14. The standard InChI is InChI=1S/C16H19ClN4O2/c1-16(2,3)19-15(22)11-6-8-14(21-20-11)18-12-9-10(17)5-7-13(12)23-4/h5-9H,1-4H3,(H,18,21)(H,19,22). The van der Waals surface area contributed by atoms with Crippen LogP contribution in [0.15, 0.2) is 30.3 Å². The molecule has 0 bridgehead atoms. The lowest BCUT2D eigenvalue weighted by molar-refractivity contribution is 0.0913. The maximum absolute atomic E-state index is 12.0. The summed E-state index contributed by atoms with van der Waals surface area (Å²) in [5.41, 5.74) is 0.592. The lowest BCUT2D eigenvalue weighted by Crippen LogP contribution is -2.41. The summed E-state index contributed by atoms with van der Waals surface area (Å²) in [6.45, 7) is 5.71. The molecule has 2 aromatic rings. The summed E-state index contributed by atoms with van der Waals surface area (Å²) in [5.74, 6) is 0.848. The van der Waals surface area contributed by atoms with Gasteiger partial charge in [0.2, 0.25) is 0 Å². The topological polar surface area (TPSA) is 76.1 Å². The quantitative estimate of drug-likeness (QED) is 0.896. The third kappa shape index (κ3) is 4.82. The Morgan fingerprint density at radius 3 is 2.48 bits per heavy atom. The van der Waals surface area contributed by atoms with Gasteiger partial charge in [0.05, 0.1) is 12.8 Å². The number of nitrogens with zero attached hydrogens (tertiary/aromatic N) is 2. The van der Waals surface area contributed by atoms with Gasteiger partial charge in [-0.2, -0.15) is 0 Å². The molecule has 0 saturated carbocycles. The van der Waals surface area contributed by atoms with Crippen LogP contribution in [0.3, 0.4) is 0 Å². The molecule has 0 radical (unpaired) electrons. The summed E-state index contributed by atoms with van der Waals surface area (Å²) in [6, 6.07) is 8.49. The highest BCUT2D eigenvalue weighted by atomic mass is 35.5. The van der Waals surface area contributed by atoms with Crippen molar-refractivity contribution in [3.63, 3.8) is 0 Å². The van der Waals surface area contributed by atoms with Crippen molar-refractivity contribution in [2.24, 2.45) is 0 Å². The molecule has 1 aromatic carbocycles. The summed E-state index contributed by atoms with van der Waals surface area (Å²) in [6.07, 6.45) is 0. The van der Waals surface area contributed by atoms with Crippen molar-refractivity contribution in [1.29, 1.82) is 0 Å². The molecule has 0 aliphatic carbocycles. The Morgan fingerprint density at radius 1 is 1.17 bits per heavy atom. The molecule has 1 heterocycles. The molecule has 7 heteroatoms. The molecule has 6 nitrogen and oxygen atoms in total. The molecule has 0 spiro atoms. The van der Waals surface area contributed by atoms with Crippen LogP contribution in [0.4, 0.5) is 11.5 Å². The van der Waals surface area contributed by atoms with Crippen LogP contribution in [0.1, 0.15) is 31.3 Å². The molecular weight excluding hydrogens is 316 g/mol. The zero-order chi connectivity index (χ0) is 17.0. The minimum absolute atomic E-state index is 0.253. The highest BCUT2D eigenvalue weighted by Crippen LogP contribution is 2.29. The summed E-state index contributed by atoms with van der Waals surface area (Å²) in [4.78, 5) is 12.0. The number of carbonyl (C=O) groups is 1. The van der Waals surface area contributed by atoms with Crippen molar-refractivity contribution in [2.45, 2.75) is 26.3 Å². The molecule has 23 heavy (non-hydrogen) atoms. The molecular formula is C16H19ClN4O2. The Hall–Kier alpha value is -2.34. The zero-order valence-corrected chi connectivity index (χ0v) is 14.2. The number of methoxy groups -OCH3 is 1. The zero-order valence-electron chi connectivity index (χ0n) is 13.5. The van der Waals surface area contributed by atoms with Crippen LogP contribution in [0.5, 0.6) is 5.75 Å². The average molecular weight is 335 g/mol. The fourth-order valence-electron chi connectivity index (χ4n) is 1.84. The van der Waals surface area contributed by atoms with Crippen molar-refractivity contribution in [2.75, 3.05) is 12.4 Å². The lowest BCUT2D eigenvalue weighted by Gasteiger charge is -2.19. The van der Waals surface area contributed by atoms with E-state index in [0.717, 1.165) is 0 Å².